The summed E-state index contributed by atoms with van der Waals surface area (Å²) in [5.74, 6) is -0.204. The Bertz CT molecular complexity index is 1590. The van der Waals surface area contributed by atoms with E-state index in [0.717, 1.165) is 28.1 Å². The zero-order valence-corrected chi connectivity index (χ0v) is 21.0. The van der Waals surface area contributed by atoms with E-state index in [9.17, 15) is 14.9 Å². The fraction of sp³-hybridized carbons (Fsp3) is 0.138. The lowest BCUT2D eigenvalue weighted by Gasteiger charge is -2.08. The molecule has 0 aliphatic carbocycles. The number of nitro groups is 1. The van der Waals surface area contributed by atoms with Crippen molar-refractivity contribution in [3.8, 4) is 16.9 Å². The van der Waals surface area contributed by atoms with Crippen molar-refractivity contribution in [2.75, 3.05) is 0 Å². The standard InChI is InChI=1S/C29H26N6O3/c1-20-28(35(37)38)21(2)33(31-20)18-22-13-15-24(16-14-22)29(36)30-17-25-19-34(26-11-7-4-8-12-26)32-27(25)23-9-5-3-6-10-23/h3-16,19H,17-18H2,1-2H3,(H,30,36). The van der Waals surface area contributed by atoms with Gasteiger partial charge in [0.1, 0.15) is 11.4 Å². The summed E-state index contributed by atoms with van der Waals surface area (Å²) in [4.78, 5) is 23.8. The Kier molecular flexibility index (Phi) is 6.82. The molecule has 5 aromatic rings. The first-order valence-electron chi connectivity index (χ1n) is 12.2. The predicted molar refractivity (Wildman–Crippen MR) is 144 cm³/mol. The molecule has 9 heteroatoms. The van der Waals surface area contributed by atoms with Crippen molar-refractivity contribution in [1.29, 1.82) is 0 Å². The molecule has 9 nitrogen and oxygen atoms in total. The maximum absolute atomic E-state index is 13.0. The summed E-state index contributed by atoms with van der Waals surface area (Å²) in [5.41, 5.74) is 5.94. The average molecular weight is 507 g/mol. The molecule has 0 radical (unpaired) electrons. The van der Waals surface area contributed by atoms with Gasteiger partial charge in [-0.2, -0.15) is 10.2 Å². The Morgan fingerprint density at radius 3 is 2.21 bits per heavy atom. The van der Waals surface area contributed by atoms with Crippen molar-refractivity contribution < 1.29 is 9.72 Å². The number of aromatic nitrogens is 4. The van der Waals surface area contributed by atoms with Crippen LogP contribution in [0.2, 0.25) is 0 Å². The molecule has 1 amide bonds. The minimum atomic E-state index is -0.408. The molecule has 0 fully saturated rings. The summed E-state index contributed by atoms with van der Waals surface area (Å²) < 4.78 is 3.43. The molecule has 190 valence electrons. The van der Waals surface area contributed by atoms with Crippen molar-refractivity contribution >= 4 is 11.6 Å². The highest BCUT2D eigenvalue weighted by molar-refractivity contribution is 5.94. The van der Waals surface area contributed by atoms with Crippen LogP contribution in [-0.2, 0) is 13.1 Å². The normalized spacial score (nSPS) is 10.9. The Morgan fingerprint density at radius 2 is 1.58 bits per heavy atom. The maximum Gasteiger partial charge on any atom is 0.312 e. The number of nitrogens with one attached hydrogen (secondary N) is 1. The van der Waals surface area contributed by atoms with Crippen LogP contribution in [0, 0.1) is 24.0 Å². The quantitative estimate of drug-likeness (QED) is 0.229. The molecule has 0 spiro atoms. The first-order valence-corrected chi connectivity index (χ1v) is 12.2. The van der Waals surface area contributed by atoms with Gasteiger partial charge in [-0.1, -0.05) is 60.7 Å². The number of aryl methyl sites for hydroxylation is 1. The van der Waals surface area contributed by atoms with Gasteiger partial charge in [0.2, 0.25) is 0 Å². The van der Waals surface area contributed by atoms with Gasteiger partial charge in [-0.25, -0.2) is 4.68 Å². The average Bonchev–Trinajstić information content (AvgIpc) is 3.49. The Balaban J connectivity index is 1.31. The van der Waals surface area contributed by atoms with Crippen LogP contribution in [-0.4, -0.2) is 30.4 Å². The van der Waals surface area contributed by atoms with Crippen LogP contribution >= 0.6 is 0 Å². The summed E-state index contributed by atoms with van der Waals surface area (Å²) in [6.45, 7) is 4.00. The summed E-state index contributed by atoms with van der Waals surface area (Å²) in [7, 11) is 0. The largest absolute Gasteiger partial charge is 0.348 e. The number of para-hydroxylation sites is 1. The molecule has 0 saturated heterocycles. The second kappa shape index (κ2) is 10.5. The number of nitrogens with zero attached hydrogens (tertiary/aromatic N) is 5. The summed E-state index contributed by atoms with van der Waals surface area (Å²) in [6, 6.07) is 26.9. The van der Waals surface area contributed by atoms with E-state index in [1.54, 1.807) is 30.7 Å². The lowest BCUT2D eigenvalue weighted by molar-refractivity contribution is -0.386. The number of rotatable bonds is 8. The van der Waals surface area contributed by atoms with E-state index in [1.165, 1.54) is 0 Å². The molecule has 0 bridgehead atoms. The smallest absolute Gasteiger partial charge is 0.312 e. The van der Waals surface area contributed by atoms with Gasteiger partial charge in [-0.15, -0.1) is 0 Å². The van der Waals surface area contributed by atoms with E-state index in [0.29, 0.717) is 30.0 Å². The van der Waals surface area contributed by atoms with E-state index in [4.69, 9.17) is 5.10 Å². The fourth-order valence-electron chi connectivity index (χ4n) is 4.41. The van der Waals surface area contributed by atoms with Gasteiger partial charge >= 0.3 is 5.69 Å². The zero-order chi connectivity index (χ0) is 26.6. The van der Waals surface area contributed by atoms with Gasteiger partial charge in [0.25, 0.3) is 5.91 Å². The molecule has 0 atom stereocenters. The molecular weight excluding hydrogens is 480 g/mol. The highest BCUT2D eigenvalue weighted by Gasteiger charge is 2.21. The molecule has 38 heavy (non-hydrogen) atoms. The number of hydrogen-bond acceptors (Lipinski definition) is 5. The molecular formula is C29H26N6O3. The lowest BCUT2D eigenvalue weighted by atomic mass is 10.1. The Morgan fingerprint density at radius 1 is 0.921 bits per heavy atom. The first kappa shape index (κ1) is 24.6. The minimum absolute atomic E-state index is 0.0338. The van der Waals surface area contributed by atoms with Crippen LogP contribution in [0.25, 0.3) is 16.9 Å². The third-order valence-corrected chi connectivity index (χ3v) is 6.37. The van der Waals surface area contributed by atoms with Crippen LogP contribution in [0.1, 0.15) is 32.9 Å². The van der Waals surface area contributed by atoms with Crippen LogP contribution < -0.4 is 5.32 Å². The minimum Gasteiger partial charge on any atom is -0.348 e. The predicted octanol–water partition coefficient (Wildman–Crippen LogP) is 5.24. The SMILES string of the molecule is Cc1nn(Cc2ccc(C(=O)NCc3cn(-c4ccccc4)nc3-c3ccccc3)cc2)c(C)c1[N+](=O)[O-]. The highest BCUT2D eigenvalue weighted by atomic mass is 16.6. The van der Waals surface area contributed by atoms with E-state index in [1.807, 2.05) is 83.7 Å². The van der Waals surface area contributed by atoms with Crippen molar-refractivity contribution in [2.24, 2.45) is 0 Å². The van der Waals surface area contributed by atoms with Crippen LogP contribution in [0.4, 0.5) is 5.69 Å². The molecule has 0 saturated carbocycles. The monoisotopic (exact) mass is 506 g/mol. The lowest BCUT2D eigenvalue weighted by Crippen LogP contribution is -2.22. The van der Waals surface area contributed by atoms with Gasteiger partial charge in [-0.05, 0) is 43.7 Å². The highest BCUT2D eigenvalue weighted by Crippen LogP contribution is 2.24. The number of amides is 1. The Hall–Kier alpha value is -5.05. The van der Waals surface area contributed by atoms with Crippen LogP contribution in [0.5, 0.6) is 0 Å². The number of hydrogen-bond donors (Lipinski definition) is 1. The van der Waals surface area contributed by atoms with Gasteiger partial charge < -0.3 is 5.32 Å². The number of carbonyl (C=O) groups excluding carboxylic acids is 1. The molecule has 5 rings (SSSR count). The van der Waals surface area contributed by atoms with Crippen LogP contribution in [0.3, 0.4) is 0 Å². The molecule has 0 aliphatic heterocycles. The van der Waals surface area contributed by atoms with Gasteiger partial charge in [-0.3, -0.25) is 19.6 Å². The second-order valence-electron chi connectivity index (χ2n) is 8.96. The number of benzene rings is 3. The van der Waals surface area contributed by atoms with Crippen molar-refractivity contribution in [3.63, 3.8) is 0 Å². The van der Waals surface area contributed by atoms with E-state index < -0.39 is 4.92 Å². The van der Waals surface area contributed by atoms with E-state index in [-0.39, 0.29) is 11.6 Å². The third kappa shape index (κ3) is 5.08. The molecule has 2 aromatic heterocycles. The van der Waals surface area contributed by atoms with Crippen molar-refractivity contribution in [2.45, 2.75) is 26.9 Å². The Labute approximate surface area is 219 Å². The van der Waals surface area contributed by atoms with E-state index in [2.05, 4.69) is 10.4 Å². The van der Waals surface area contributed by atoms with E-state index >= 15 is 0 Å². The third-order valence-electron chi connectivity index (χ3n) is 6.37. The summed E-state index contributed by atoms with van der Waals surface area (Å²) in [5, 5.41) is 23.4. The zero-order valence-electron chi connectivity index (χ0n) is 21.0. The molecule has 2 heterocycles. The topological polar surface area (TPSA) is 108 Å². The number of carbonyl (C=O) groups is 1. The second-order valence-corrected chi connectivity index (χ2v) is 8.96. The summed E-state index contributed by atoms with van der Waals surface area (Å²) >= 11 is 0. The van der Waals surface area contributed by atoms with Crippen LogP contribution in [0.15, 0.2) is 91.1 Å². The van der Waals surface area contributed by atoms with Gasteiger partial charge in [0.05, 0.1) is 22.8 Å². The molecule has 0 unspecified atom stereocenters. The van der Waals surface area contributed by atoms with Crippen molar-refractivity contribution in [3.05, 3.63) is 129 Å². The molecule has 3 aromatic carbocycles. The molecule has 0 aliphatic rings. The summed E-state index contributed by atoms with van der Waals surface area (Å²) in [6.07, 6.45) is 1.94. The fourth-order valence-corrected chi connectivity index (χ4v) is 4.41. The maximum atomic E-state index is 13.0. The van der Waals surface area contributed by atoms with Crippen molar-refractivity contribution in [1.82, 2.24) is 24.9 Å². The first-order chi connectivity index (χ1) is 18.4. The van der Waals surface area contributed by atoms with Gasteiger partial charge in [0.15, 0.2) is 0 Å². The molecule has 1 N–H and O–H groups in total. The van der Waals surface area contributed by atoms with Gasteiger partial charge in [0, 0.05) is 29.4 Å².